The molecule has 1 heterocycles. The molecule has 2 amide bonds. The van der Waals surface area contributed by atoms with Gasteiger partial charge in [0.2, 0.25) is 0 Å². The molecule has 1 aromatic rings. The van der Waals surface area contributed by atoms with Gasteiger partial charge in [-0.15, -0.1) is 0 Å². The van der Waals surface area contributed by atoms with Crippen LogP contribution in [0.15, 0.2) is 29.3 Å². The van der Waals surface area contributed by atoms with E-state index in [1.807, 2.05) is 31.2 Å². The van der Waals surface area contributed by atoms with Gasteiger partial charge in [0.05, 0.1) is 6.61 Å². The van der Waals surface area contributed by atoms with Gasteiger partial charge in [-0.3, -0.25) is 9.79 Å². The van der Waals surface area contributed by atoms with E-state index in [2.05, 4.69) is 15.6 Å². The SMILES string of the molecule is CCOC(=O)N1CCC(NC(=NC)NCc2ccc(C(=O)N(C)C)cc2)CC1. The molecule has 8 heteroatoms. The highest BCUT2D eigenvalue weighted by Crippen LogP contribution is 2.11. The fraction of sp³-hybridized carbons (Fsp3) is 0.550. The monoisotopic (exact) mass is 389 g/mol. The maximum absolute atomic E-state index is 11.9. The summed E-state index contributed by atoms with van der Waals surface area (Å²) in [7, 11) is 5.22. The second-order valence-corrected chi connectivity index (χ2v) is 6.93. The first-order chi connectivity index (χ1) is 13.4. The Morgan fingerprint density at radius 1 is 1.21 bits per heavy atom. The lowest BCUT2D eigenvalue weighted by Crippen LogP contribution is -2.49. The standard InChI is InChI=1S/C20H31N5O3/c1-5-28-20(27)25-12-10-17(11-13-25)23-19(21-2)22-14-15-6-8-16(9-7-15)18(26)24(3)4/h6-9,17H,5,10-14H2,1-4H3,(H2,21,22,23). The van der Waals surface area contributed by atoms with Crippen LogP contribution in [0.4, 0.5) is 4.79 Å². The van der Waals surface area contributed by atoms with E-state index in [4.69, 9.17) is 4.74 Å². The van der Waals surface area contributed by atoms with Crippen molar-refractivity contribution >= 4 is 18.0 Å². The van der Waals surface area contributed by atoms with E-state index < -0.39 is 0 Å². The Balaban J connectivity index is 1.79. The number of nitrogens with zero attached hydrogens (tertiary/aromatic N) is 3. The molecular weight excluding hydrogens is 358 g/mol. The van der Waals surface area contributed by atoms with Crippen LogP contribution in [0.2, 0.25) is 0 Å². The summed E-state index contributed by atoms with van der Waals surface area (Å²) in [6.45, 7) is 4.18. The van der Waals surface area contributed by atoms with Gasteiger partial charge in [0.25, 0.3) is 5.91 Å². The number of hydrogen-bond donors (Lipinski definition) is 2. The van der Waals surface area contributed by atoms with E-state index >= 15 is 0 Å². The smallest absolute Gasteiger partial charge is 0.409 e. The number of hydrogen-bond acceptors (Lipinski definition) is 4. The van der Waals surface area contributed by atoms with E-state index in [0.29, 0.717) is 31.8 Å². The summed E-state index contributed by atoms with van der Waals surface area (Å²) in [5.74, 6) is 0.717. The highest BCUT2D eigenvalue weighted by Gasteiger charge is 2.24. The van der Waals surface area contributed by atoms with Gasteiger partial charge < -0.3 is 25.2 Å². The zero-order chi connectivity index (χ0) is 20.5. The topological polar surface area (TPSA) is 86.3 Å². The number of rotatable bonds is 5. The summed E-state index contributed by atoms with van der Waals surface area (Å²) in [6, 6.07) is 7.81. The van der Waals surface area contributed by atoms with E-state index in [0.717, 1.165) is 24.4 Å². The van der Waals surface area contributed by atoms with Crippen molar-refractivity contribution in [3.63, 3.8) is 0 Å². The Bertz CT molecular complexity index is 680. The van der Waals surface area contributed by atoms with Gasteiger partial charge in [-0.25, -0.2) is 4.79 Å². The number of piperidine rings is 1. The predicted molar refractivity (Wildman–Crippen MR) is 109 cm³/mol. The molecule has 154 valence electrons. The van der Waals surface area contributed by atoms with Crippen molar-refractivity contribution in [2.24, 2.45) is 4.99 Å². The van der Waals surface area contributed by atoms with Crippen LogP contribution in [0.3, 0.4) is 0 Å². The molecule has 0 radical (unpaired) electrons. The van der Waals surface area contributed by atoms with Crippen LogP contribution >= 0.6 is 0 Å². The number of likely N-dealkylation sites (tertiary alicyclic amines) is 1. The molecule has 0 saturated carbocycles. The number of aliphatic imine (C=N–C) groups is 1. The van der Waals surface area contributed by atoms with Crippen LogP contribution in [-0.2, 0) is 11.3 Å². The number of carbonyl (C=O) groups is 2. The molecule has 8 nitrogen and oxygen atoms in total. The molecule has 1 saturated heterocycles. The fourth-order valence-corrected chi connectivity index (χ4v) is 3.02. The van der Waals surface area contributed by atoms with E-state index in [9.17, 15) is 9.59 Å². The lowest BCUT2D eigenvalue weighted by molar-refractivity contribution is 0.0827. The van der Waals surface area contributed by atoms with Gasteiger partial charge in [-0.1, -0.05) is 12.1 Å². The number of ether oxygens (including phenoxy) is 1. The maximum Gasteiger partial charge on any atom is 0.409 e. The quantitative estimate of drug-likeness (QED) is 0.591. The lowest BCUT2D eigenvalue weighted by atomic mass is 10.1. The molecule has 1 aliphatic rings. The van der Waals surface area contributed by atoms with Crippen LogP contribution < -0.4 is 10.6 Å². The van der Waals surface area contributed by atoms with Crippen LogP contribution in [0.1, 0.15) is 35.7 Å². The summed E-state index contributed by atoms with van der Waals surface area (Å²) >= 11 is 0. The zero-order valence-corrected chi connectivity index (χ0v) is 17.2. The van der Waals surface area contributed by atoms with Gasteiger partial charge in [0, 0.05) is 52.4 Å². The average molecular weight is 390 g/mol. The Hall–Kier alpha value is -2.77. The Kier molecular flexibility index (Phi) is 8.10. The molecule has 0 aliphatic carbocycles. The van der Waals surface area contributed by atoms with Crippen LogP contribution in [0, 0.1) is 0 Å². The minimum absolute atomic E-state index is 0.00820. The van der Waals surface area contributed by atoms with Crippen LogP contribution in [-0.4, -0.2) is 74.6 Å². The van der Waals surface area contributed by atoms with Crippen LogP contribution in [0.5, 0.6) is 0 Å². The van der Waals surface area contributed by atoms with Crippen molar-refractivity contribution in [1.82, 2.24) is 20.4 Å². The Morgan fingerprint density at radius 2 is 1.86 bits per heavy atom. The molecule has 0 unspecified atom stereocenters. The third kappa shape index (κ3) is 6.14. The molecule has 2 rings (SSSR count). The minimum atomic E-state index is -0.236. The molecular formula is C20H31N5O3. The first kappa shape index (κ1) is 21.5. The Labute approximate surface area is 166 Å². The van der Waals surface area contributed by atoms with Crippen molar-refractivity contribution in [3.05, 3.63) is 35.4 Å². The van der Waals surface area contributed by atoms with Crippen molar-refractivity contribution in [2.75, 3.05) is 40.8 Å². The van der Waals surface area contributed by atoms with E-state index in [-0.39, 0.29) is 18.0 Å². The Morgan fingerprint density at radius 3 is 2.39 bits per heavy atom. The van der Waals surface area contributed by atoms with Gasteiger partial charge in [-0.05, 0) is 37.5 Å². The molecule has 0 bridgehead atoms. The average Bonchev–Trinajstić information content (AvgIpc) is 2.71. The molecule has 1 aliphatic heterocycles. The third-order valence-corrected chi connectivity index (χ3v) is 4.65. The second-order valence-electron chi connectivity index (χ2n) is 6.93. The molecule has 2 N–H and O–H groups in total. The van der Waals surface area contributed by atoms with Crippen LogP contribution in [0.25, 0.3) is 0 Å². The largest absolute Gasteiger partial charge is 0.450 e. The maximum atomic E-state index is 11.9. The highest BCUT2D eigenvalue weighted by atomic mass is 16.6. The van der Waals surface area contributed by atoms with E-state index in [1.54, 1.807) is 30.9 Å². The summed E-state index contributed by atoms with van der Waals surface area (Å²) in [5, 5.41) is 6.71. The molecule has 28 heavy (non-hydrogen) atoms. The number of guanidine groups is 1. The molecule has 1 aromatic carbocycles. The summed E-state index contributed by atoms with van der Waals surface area (Å²) in [5.41, 5.74) is 1.74. The van der Waals surface area contributed by atoms with Gasteiger partial charge in [0.1, 0.15) is 0 Å². The van der Waals surface area contributed by atoms with E-state index in [1.165, 1.54) is 0 Å². The zero-order valence-electron chi connectivity index (χ0n) is 17.2. The minimum Gasteiger partial charge on any atom is -0.450 e. The molecule has 0 atom stereocenters. The second kappa shape index (κ2) is 10.5. The molecule has 0 aromatic heterocycles. The number of carbonyl (C=O) groups excluding carboxylic acids is 2. The van der Waals surface area contributed by atoms with Crippen molar-refractivity contribution in [3.8, 4) is 0 Å². The summed E-state index contributed by atoms with van der Waals surface area (Å²) in [6.07, 6.45) is 1.46. The number of amides is 2. The van der Waals surface area contributed by atoms with Crippen molar-refractivity contribution < 1.29 is 14.3 Å². The lowest BCUT2D eigenvalue weighted by Gasteiger charge is -2.32. The van der Waals surface area contributed by atoms with Crippen molar-refractivity contribution in [1.29, 1.82) is 0 Å². The normalized spacial score (nSPS) is 15.1. The predicted octanol–water partition coefficient (Wildman–Crippen LogP) is 1.67. The van der Waals surface area contributed by atoms with Crippen molar-refractivity contribution in [2.45, 2.75) is 32.4 Å². The number of benzene rings is 1. The van der Waals surface area contributed by atoms with Gasteiger partial charge >= 0.3 is 6.09 Å². The summed E-state index contributed by atoms with van der Waals surface area (Å²) in [4.78, 5) is 31.3. The van der Waals surface area contributed by atoms with Gasteiger partial charge in [0.15, 0.2) is 5.96 Å². The molecule has 1 fully saturated rings. The number of nitrogens with one attached hydrogen (secondary N) is 2. The first-order valence-corrected chi connectivity index (χ1v) is 9.64. The highest BCUT2D eigenvalue weighted by molar-refractivity contribution is 5.93. The summed E-state index contributed by atoms with van der Waals surface area (Å²) < 4.78 is 5.05. The first-order valence-electron chi connectivity index (χ1n) is 9.64. The third-order valence-electron chi connectivity index (χ3n) is 4.65. The molecule has 0 spiro atoms. The van der Waals surface area contributed by atoms with Gasteiger partial charge in [-0.2, -0.15) is 0 Å². The fourth-order valence-electron chi connectivity index (χ4n) is 3.02.